The van der Waals surface area contributed by atoms with Crippen LogP contribution in [0.4, 0.5) is 17.6 Å². The maximum atomic E-state index is 13.5. The normalized spacial score (nSPS) is 14.2. The minimum Gasteiger partial charge on any atom is -0.374 e. The molecule has 1 unspecified atom stereocenters. The molecule has 1 heterocycles. The van der Waals surface area contributed by atoms with Crippen molar-refractivity contribution in [2.45, 2.75) is 24.6 Å². The zero-order valence-electron chi connectivity index (χ0n) is 13.3. The van der Waals surface area contributed by atoms with Crippen LogP contribution in [-0.2, 0) is 23.9 Å². The number of aliphatic hydroxyl groups is 1. The summed E-state index contributed by atoms with van der Waals surface area (Å²) in [4.78, 5) is 15.4. The van der Waals surface area contributed by atoms with Crippen molar-refractivity contribution in [3.8, 4) is 0 Å². The second kappa shape index (κ2) is 7.22. The predicted octanol–water partition coefficient (Wildman–Crippen LogP) is 2.06. The number of carbonyl (C=O) groups excluding carboxylic acids is 1. The Bertz CT molecular complexity index is 745. The first kappa shape index (κ1) is 18.9. The lowest BCUT2D eigenvalue weighted by Crippen LogP contribution is -2.46. The van der Waals surface area contributed by atoms with E-state index in [0.29, 0.717) is 0 Å². The van der Waals surface area contributed by atoms with E-state index in [0.717, 1.165) is 10.8 Å². The molecule has 1 amide bonds. The summed E-state index contributed by atoms with van der Waals surface area (Å²) >= 11 is 0. The molecule has 0 aliphatic rings. The van der Waals surface area contributed by atoms with E-state index in [-0.39, 0.29) is 12.0 Å². The van der Waals surface area contributed by atoms with Gasteiger partial charge >= 0.3 is 6.18 Å². The summed E-state index contributed by atoms with van der Waals surface area (Å²) in [6.45, 7) is -0.448. The predicted molar refractivity (Wildman–Crippen MR) is 80.9 cm³/mol. The van der Waals surface area contributed by atoms with Crippen LogP contribution in [0.3, 0.4) is 0 Å². The van der Waals surface area contributed by atoms with Gasteiger partial charge in [0.1, 0.15) is 11.6 Å². The van der Waals surface area contributed by atoms with Crippen LogP contribution in [0.1, 0.15) is 17.8 Å². The van der Waals surface area contributed by atoms with E-state index in [2.05, 4.69) is 10.3 Å². The van der Waals surface area contributed by atoms with Crippen molar-refractivity contribution in [2.75, 3.05) is 6.54 Å². The van der Waals surface area contributed by atoms with Crippen LogP contribution in [0.25, 0.3) is 0 Å². The first-order valence-corrected chi connectivity index (χ1v) is 7.42. The number of hydrogen-bond acceptors (Lipinski definition) is 3. The summed E-state index contributed by atoms with van der Waals surface area (Å²) in [6.07, 6.45) is -3.67. The van der Waals surface area contributed by atoms with Crippen LogP contribution in [-0.4, -0.2) is 33.3 Å². The molecule has 0 fully saturated rings. The summed E-state index contributed by atoms with van der Waals surface area (Å²) < 4.78 is 54.5. The largest absolute Gasteiger partial charge is 0.424 e. The monoisotopic (exact) mass is 359 g/mol. The van der Waals surface area contributed by atoms with Crippen molar-refractivity contribution in [3.05, 3.63) is 53.9 Å². The van der Waals surface area contributed by atoms with Gasteiger partial charge in [0, 0.05) is 32.4 Å². The molecule has 9 heteroatoms. The minimum absolute atomic E-state index is 0.134. The fraction of sp³-hybridized carbons (Fsp3) is 0.375. The van der Waals surface area contributed by atoms with Gasteiger partial charge in [-0.25, -0.2) is 9.37 Å². The molecule has 0 bridgehead atoms. The lowest BCUT2D eigenvalue weighted by atomic mass is 9.97. The second-order valence-corrected chi connectivity index (χ2v) is 5.59. The van der Waals surface area contributed by atoms with Crippen LogP contribution in [0, 0.1) is 5.82 Å². The van der Waals surface area contributed by atoms with Crippen LogP contribution >= 0.6 is 0 Å². The summed E-state index contributed by atoms with van der Waals surface area (Å²) in [5, 5.41) is 12.4. The van der Waals surface area contributed by atoms with Crippen molar-refractivity contribution in [1.29, 1.82) is 0 Å². The third kappa shape index (κ3) is 4.16. The lowest BCUT2D eigenvalue weighted by molar-refractivity contribution is -0.272. The molecule has 5 nitrogen and oxygen atoms in total. The molecule has 136 valence electrons. The minimum atomic E-state index is -4.97. The highest BCUT2D eigenvalue weighted by Gasteiger charge is 2.57. The van der Waals surface area contributed by atoms with Crippen molar-refractivity contribution in [1.82, 2.24) is 14.9 Å². The number of carbonyl (C=O) groups is 1. The standard InChI is InChI=1S/C16H17F4N3O2/c1-23-9-8-22-14(23)15(25,16(18,19)20)6-7-21-13(24)10-11-4-2-3-5-12(11)17/h2-5,8-9,25H,6-7,10H2,1H3,(H,21,24). The zero-order chi connectivity index (χ0) is 18.7. The van der Waals surface area contributed by atoms with Gasteiger partial charge in [-0.15, -0.1) is 0 Å². The molecule has 0 radical (unpaired) electrons. The molecule has 0 saturated heterocycles. The highest BCUT2D eigenvalue weighted by molar-refractivity contribution is 5.78. The number of benzene rings is 1. The molecule has 25 heavy (non-hydrogen) atoms. The number of aryl methyl sites for hydroxylation is 1. The topological polar surface area (TPSA) is 67.2 Å². The quantitative estimate of drug-likeness (QED) is 0.776. The Morgan fingerprint density at radius 1 is 1.32 bits per heavy atom. The Labute approximate surface area is 141 Å². The van der Waals surface area contributed by atoms with Crippen molar-refractivity contribution in [3.63, 3.8) is 0 Å². The smallest absolute Gasteiger partial charge is 0.374 e. The number of rotatable bonds is 6. The third-order valence-corrected chi connectivity index (χ3v) is 3.78. The highest BCUT2D eigenvalue weighted by Crippen LogP contribution is 2.40. The Balaban J connectivity index is 2.01. The maximum Gasteiger partial charge on any atom is 0.424 e. The fourth-order valence-corrected chi connectivity index (χ4v) is 2.40. The Hall–Kier alpha value is -2.42. The molecular weight excluding hydrogens is 342 g/mol. The van der Waals surface area contributed by atoms with Gasteiger partial charge in [-0.3, -0.25) is 4.79 Å². The SMILES string of the molecule is Cn1ccnc1C(O)(CCNC(=O)Cc1ccccc1F)C(F)(F)F. The van der Waals surface area contributed by atoms with Crippen molar-refractivity contribution < 1.29 is 27.5 Å². The van der Waals surface area contributed by atoms with Gasteiger partial charge in [0.05, 0.1) is 6.42 Å². The molecule has 1 aromatic heterocycles. The molecule has 1 atom stereocenters. The molecule has 2 aromatic rings. The Morgan fingerprint density at radius 2 is 2.00 bits per heavy atom. The van der Waals surface area contributed by atoms with Gasteiger partial charge < -0.3 is 15.0 Å². The second-order valence-electron chi connectivity index (χ2n) is 5.59. The van der Waals surface area contributed by atoms with Crippen LogP contribution in [0.2, 0.25) is 0 Å². The van der Waals surface area contributed by atoms with Gasteiger partial charge in [0.15, 0.2) is 0 Å². The number of hydrogen-bond donors (Lipinski definition) is 2. The van der Waals surface area contributed by atoms with E-state index in [1.807, 2.05) is 0 Å². The number of nitrogens with one attached hydrogen (secondary N) is 1. The van der Waals surface area contributed by atoms with Crippen molar-refractivity contribution in [2.24, 2.45) is 7.05 Å². The van der Waals surface area contributed by atoms with Crippen LogP contribution < -0.4 is 5.32 Å². The summed E-state index contributed by atoms with van der Waals surface area (Å²) in [5.74, 6) is -1.78. The number of aromatic nitrogens is 2. The third-order valence-electron chi connectivity index (χ3n) is 3.78. The van der Waals surface area contributed by atoms with E-state index in [1.165, 1.54) is 31.4 Å². The van der Waals surface area contributed by atoms with Gasteiger partial charge in [-0.2, -0.15) is 13.2 Å². The molecule has 2 N–H and O–H groups in total. The maximum absolute atomic E-state index is 13.5. The van der Waals surface area contributed by atoms with Gasteiger partial charge in [-0.1, -0.05) is 18.2 Å². The van der Waals surface area contributed by atoms with Crippen LogP contribution in [0.5, 0.6) is 0 Å². The number of alkyl halides is 3. The summed E-state index contributed by atoms with van der Waals surface area (Å²) in [5.41, 5.74) is -3.06. The highest BCUT2D eigenvalue weighted by atomic mass is 19.4. The van der Waals surface area contributed by atoms with Crippen LogP contribution in [0.15, 0.2) is 36.7 Å². The van der Waals surface area contributed by atoms with E-state index in [4.69, 9.17) is 0 Å². The zero-order valence-corrected chi connectivity index (χ0v) is 13.3. The molecule has 0 aliphatic carbocycles. The first-order valence-electron chi connectivity index (χ1n) is 7.42. The lowest BCUT2D eigenvalue weighted by Gasteiger charge is -2.30. The molecule has 0 aliphatic heterocycles. The van der Waals surface area contributed by atoms with Crippen molar-refractivity contribution >= 4 is 5.91 Å². The van der Waals surface area contributed by atoms with E-state index >= 15 is 0 Å². The summed E-state index contributed by atoms with van der Waals surface area (Å²) in [7, 11) is 1.33. The average molecular weight is 359 g/mol. The molecule has 0 saturated carbocycles. The van der Waals surface area contributed by atoms with Gasteiger partial charge in [0.25, 0.3) is 0 Å². The molecule has 1 aromatic carbocycles. The number of halogens is 4. The average Bonchev–Trinajstić information content (AvgIpc) is 2.95. The summed E-state index contributed by atoms with van der Waals surface area (Å²) in [6, 6.07) is 5.61. The fourth-order valence-electron chi connectivity index (χ4n) is 2.40. The first-order chi connectivity index (χ1) is 11.6. The molecule has 0 spiro atoms. The molecular formula is C16H17F4N3O2. The van der Waals surface area contributed by atoms with Gasteiger partial charge in [-0.05, 0) is 11.6 Å². The van der Waals surface area contributed by atoms with E-state index in [9.17, 15) is 27.5 Å². The van der Waals surface area contributed by atoms with E-state index in [1.54, 1.807) is 6.07 Å². The number of amides is 1. The number of nitrogens with zero attached hydrogens (tertiary/aromatic N) is 2. The molecule has 2 rings (SSSR count). The Morgan fingerprint density at radius 3 is 2.56 bits per heavy atom. The van der Waals surface area contributed by atoms with Gasteiger partial charge in [0.2, 0.25) is 11.5 Å². The van der Waals surface area contributed by atoms with E-state index < -0.39 is 42.3 Å². The Kier molecular flexibility index (Phi) is 5.46. The number of imidazole rings is 1.